The van der Waals surface area contributed by atoms with E-state index in [4.69, 9.17) is 10.00 Å². The van der Waals surface area contributed by atoms with Gasteiger partial charge < -0.3 is 20.3 Å². The fraction of sp³-hybridized carbons (Fsp3) is 0.481. The number of nitrogens with zero attached hydrogens (tertiary/aromatic N) is 2. The average molecular weight is 447 g/mol. The topological polar surface area (TPSA) is 77.4 Å². The van der Waals surface area contributed by atoms with Crippen molar-refractivity contribution < 1.29 is 9.53 Å². The fourth-order valence-electron chi connectivity index (χ4n) is 5.01. The Morgan fingerprint density at radius 1 is 1.06 bits per heavy atom. The standard InChI is InChI=1S/C27H34N4O2/c1-20-7-2-3-8-22(20)19-33-27(32)30-26-11-5-4-10-25(26)29-23-9-6-16-31(18-23)24-14-12-21(17-28)13-15-24/h2-3,7-8,12-15,23,25-26,29H,4-6,9-11,16,18-19H2,1H3,(H,30,32)/t23-,25+,26+/m0/s1. The fourth-order valence-corrected chi connectivity index (χ4v) is 5.01. The number of carbonyl (C=O) groups is 1. The molecule has 1 heterocycles. The van der Waals surface area contributed by atoms with Gasteiger partial charge in [-0.3, -0.25) is 0 Å². The van der Waals surface area contributed by atoms with Crippen LogP contribution in [0.3, 0.4) is 0 Å². The number of piperidine rings is 1. The van der Waals surface area contributed by atoms with Crippen molar-refractivity contribution in [1.29, 1.82) is 5.26 Å². The van der Waals surface area contributed by atoms with Crippen LogP contribution in [0.5, 0.6) is 0 Å². The van der Waals surface area contributed by atoms with Crippen LogP contribution in [0.2, 0.25) is 0 Å². The normalized spacial score (nSPS) is 22.9. The van der Waals surface area contributed by atoms with Gasteiger partial charge in [0.05, 0.1) is 11.6 Å². The molecular weight excluding hydrogens is 412 g/mol. The highest BCUT2D eigenvalue weighted by Crippen LogP contribution is 2.24. The highest BCUT2D eigenvalue weighted by Gasteiger charge is 2.30. The van der Waals surface area contributed by atoms with Crippen molar-refractivity contribution in [1.82, 2.24) is 10.6 Å². The van der Waals surface area contributed by atoms with Crippen molar-refractivity contribution in [2.75, 3.05) is 18.0 Å². The van der Waals surface area contributed by atoms with Crippen LogP contribution < -0.4 is 15.5 Å². The molecule has 33 heavy (non-hydrogen) atoms. The van der Waals surface area contributed by atoms with Crippen molar-refractivity contribution in [3.63, 3.8) is 0 Å². The summed E-state index contributed by atoms with van der Waals surface area (Å²) in [6, 6.07) is 18.7. The third-order valence-electron chi connectivity index (χ3n) is 6.92. The lowest BCUT2D eigenvalue weighted by atomic mass is 9.89. The van der Waals surface area contributed by atoms with E-state index in [9.17, 15) is 4.79 Å². The van der Waals surface area contributed by atoms with Crippen LogP contribution in [0.15, 0.2) is 48.5 Å². The maximum Gasteiger partial charge on any atom is 0.407 e. The van der Waals surface area contributed by atoms with Gasteiger partial charge in [-0.05, 0) is 68.0 Å². The average Bonchev–Trinajstić information content (AvgIpc) is 2.85. The second kappa shape index (κ2) is 11.2. The van der Waals surface area contributed by atoms with E-state index in [0.717, 1.165) is 56.3 Å². The maximum atomic E-state index is 12.5. The van der Waals surface area contributed by atoms with E-state index in [1.54, 1.807) is 0 Å². The molecule has 1 amide bonds. The number of carbonyl (C=O) groups excluding carboxylic acids is 1. The summed E-state index contributed by atoms with van der Waals surface area (Å²) in [7, 11) is 0. The summed E-state index contributed by atoms with van der Waals surface area (Å²) < 4.78 is 5.53. The zero-order valence-electron chi connectivity index (χ0n) is 19.4. The maximum absolute atomic E-state index is 12.5. The molecule has 2 aromatic carbocycles. The lowest BCUT2D eigenvalue weighted by molar-refractivity contribution is 0.128. The first-order valence-corrected chi connectivity index (χ1v) is 12.1. The van der Waals surface area contributed by atoms with Crippen LogP contribution in [0, 0.1) is 18.3 Å². The summed E-state index contributed by atoms with van der Waals surface area (Å²) in [5, 5.41) is 16.0. The molecule has 0 aromatic heterocycles. The molecule has 174 valence electrons. The van der Waals surface area contributed by atoms with Crippen LogP contribution in [0.25, 0.3) is 0 Å². The predicted molar refractivity (Wildman–Crippen MR) is 130 cm³/mol. The highest BCUT2D eigenvalue weighted by atomic mass is 16.5. The summed E-state index contributed by atoms with van der Waals surface area (Å²) in [5.74, 6) is 0. The molecule has 0 bridgehead atoms. The molecule has 1 saturated carbocycles. The van der Waals surface area contributed by atoms with Gasteiger partial charge in [-0.1, -0.05) is 37.1 Å². The van der Waals surface area contributed by atoms with Crippen molar-refractivity contribution >= 4 is 11.8 Å². The van der Waals surface area contributed by atoms with Gasteiger partial charge in [-0.2, -0.15) is 5.26 Å². The molecule has 2 aromatic rings. The van der Waals surface area contributed by atoms with Crippen LogP contribution in [-0.2, 0) is 11.3 Å². The third-order valence-corrected chi connectivity index (χ3v) is 6.92. The number of rotatable bonds is 6. The number of hydrogen-bond acceptors (Lipinski definition) is 5. The van der Waals surface area contributed by atoms with Crippen LogP contribution in [0.4, 0.5) is 10.5 Å². The van der Waals surface area contributed by atoms with E-state index >= 15 is 0 Å². The number of hydrogen-bond donors (Lipinski definition) is 2. The van der Waals surface area contributed by atoms with E-state index in [2.05, 4.69) is 21.6 Å². The second-order valence-corrected chi connectivity index (χ2v) is 9.25. The minimum Gasteiger partial charge on any atom is -0.445 e. The molecule has 4 rings (SSSR count). The molecule has 0 radical (unpaired) electrons. The lowest BCUT2D eigenvalue weighted by Crippen LogP contribution is -2.57. The Bertz CT molecular complexity index is 969. The number of nitrogens with one attached hydrogen (secondary N) is 2. The molecule has 6 heteroatoms. The summed E-state index contributed by atoms with van der Waals surface area (Å²) >= 11 is 0. The number of nitriles is 1. The largest absolute Gasteiger partial charge is 0.445 e. The molecule has 3 atom stereocenters. The molecule has 1 aliphatic heterocycles. The molecule has 1 aliphatic carbocycles. The monoisotopic (exact) mass is 446 g/mol. The van der Waals surface area contributed by atoms with E-state index in [-0.39, 0.29) is 18.2 Å². The number of alkyl carbamates (subject to hydrolysis) is 1. The van der Waals surface area contributed by atoms with Gasteiger partial charge in [0.15, 0.2) is 0 Å². The quantitative estimate of drug-likeness (QED) is 0.675. The minimum absolute atomic E-state index is 0.0911. The molecule has 0 unspecified atom stereocenters. The van der Waals surface area contributed by atoms with Crippen LogP contribution >= 0.6 is 0 Å². The van der Waals surface area contributed by atoms with E-state index in [1.165, 1.54) is 12.1 Å². The Kier molecular flexibility index (Phi) is 7.85. The van der Waals surface area contributed by atoms with Gasteiger partial charge >= 0.3 is 6.09 Å². The van der Waals surface area contributed by atoms with Gasteiger partial charge in [0.2, 0.25) is 0 Å². The molecule has 1 saturated heterocycles. The number of ether oxygens (including phenoxy) is 1. The van der Waals surface area contributed by atoms with Crippen molar-refractivity contribution in [3.8, 4) is 6.07 Å². The SMILES string of the molecule is Cc1ccccc1COC(=O)N[C@@H]1CCCC[C@H]1N[C@H]1CCCN(c2ccc(C#N)cc2)C1. The smallest absolute Gasteiger partial charge is 0.407 e. The van der Waals surface area contributed by atoms with Gasteiger partial charge in [0.25, 0.3) is 0 Å². The summed E-state index contributed by atoms with van der Waals surface area (Å²) in [6.45, 7) is 4.29. The van der Waals surface area contributed by atoms with E-state index in [1.807, 2.05) is 55.5 Å². The number of aryl methyl sites for hydroxylation is 1. The van der Waals surface area contributed by atoms with Crippen molar-refractivity contribution in [2.24, 2.45) is 0 Å². The molecule has 2 aliphatic rings. The Balaban J connectivity index is 1.30. The predicted octanol–water partition coefficient (Wildman–Crippen LogP) is 4.66. The molecule has 2 N–H and O–H groups in total. The van der Waals surface area contributed by atoms with Crippen LogP contribution in [0.1, 0.15) is 55.2 Å². The molecule has 0 spiro atoms. The Labute approximate surface area is 196 Å². The zero-order valence-corrected chi connectivity index (χ0v) is 19.4. The Morgan fingerprint density at radius 2 is 1.82 bits per heavy atom. The third kappa shape index (κ3) is 6.27. The summed E-state index contributed by atoms with van der Waals surface area (Å²) in [4.78, 5) is 14.9. The van der Waals surface area contributed by atoms with Crippen molar-refractivity contribution in [3.05, 3.63) is 65.2 Å². The first-order valence-electron chi connectivity index (χ1n) is 12.1. The van der Waals surface area contributed by atoms with Gasteiger partial charge in [0.1, 0.15) is 6.61 Å². The zero-order chi connectivity index (χ0) is 23.0. The summed E-state index contributed by atoms with van der Waals surface area (Å²) in [6.07, 6.45) is 6.27. The molecule has 2 fully saturated rings. The molecular formula is C27H34N4O2. The van der Waals surface area contributed by atoms with Crippen LogP contribution in [-0.4, -0.2) is 37.3 Å². The first kappa shape index (κ1) is 23.1. The van der Waals surface area contributed by atoms with E-state index in [0.29, 0.717) is 18.2 Å². The number of benzene rings is 2. The van der Waals surface area contributed by atoms with Gasteiger partial charge in [0, 0.05) is 36.9 Å². The first-order chi connectivity index (χ1) is 16.1. The second-order valence-electron chi connectivity index (χ2n) is 9.25. The summed E-state index contributed by atoms with van der Waals surface area (Å²) in [5.41, 5.74) is 4.03. The Hall–Kier alpha value is -3.04. The van der Waals surface area contributed by atoms with E-state index < -0.39 is 0 Å². The Morgan fingerprint density at radius 3 is 2.58 bits per heavy atom. The van der Waals surface area contributed by atoms with Crippen molar-refractivity contribution in [2.45, 2.75) is 70.2 Å². The lowest BCUT2D eigenvalue weighted by Gasteiger charge is -2.40. The van der Waals surface area contributed by atoms with Gasteiger partial charge in [-0.25, -0.2) is 4.79 Å². The highest BCUT2D eigenvalue weighted by molar-refractivity contribution is 5.67. The van der Waals surface area contributed by atoms with Gasteiger partial charge in [-0.15, -0.1) is 0 Å². The molecule has 6 nitrogen and oxygen atoms in total. The number of amides is 1. The minimum atomic E-state index is -0.334. The number of anilines is 1.